The van der Waals surface area contributed by atoms with Gasteiger partial charge in [0.05, 0.1) is 19.9 Å². The molecule has 0 aromatic heterocycles. The van der Waals surface area contributed by atoms with Crippen molar-refractivity contribution in [2.24, 2.45) is 10.2 Å². The fourth-order valence-corrected chi connectivity index (χ4v) is 1.21. The Morgan fingerprint density at radius 3 is 2.35 bits per heavy atom. The second kappa shape index (κ2) is 7.67. The standard InChI is InChI=1S/C13H14N2O5/c1-19-11(17)8-10(16)12(13(18)20-2)15-14-9-6-4-3-5-7-9/h3-7,16H,8H2,1-2H3. The summed E-state index contributed by atoms with van der Waals surface area (Å²) in [6.07, 6.45) is -0.491. The highest BCUT2D eigenvalue weighted by molar-refractivity contribution is 5.89. The van der Waals surface area contributed by atoms with Crippen molar-refractivity contribution in [3.05, 3.63) is 41.8 Å². The number of azo groups is 1. The number of ether oxygens (including phenoxy) is 2. The molecule has 1 rings (SSSR count). The first-order valence-electron chi connectivity index (χ1n) is 5.62. The van der Waals surface area contributed by atoms with Crippen LogP contribution in [0.25, 0.3) is 0 Å². The molecule has 0 aliphatic rings. The highest BCUT2D eigenvalue weighted by atomic mass is 16.5. The van der Waals surface area contributed by atoms with E-state index in [1.807, 2.05) is 0 Å². The molecule has 0 saturated carbocycles. The Kier molecular flexibility index (Phi) is 5.89. The molecule has 0 unspecified atom stereocenters. The quantitative estimate of drug-likeness (QED) is 0.385. The molecule has 106 valence electrons. The van der Waals surface area contributed by atoms with Crippen molar-refractivity contribution >= 4 is 17.6 Å². The van der Waals surface area contributed by atoms with Crippen LogP contribution in [0.3, 0.4) is 0 Å². The van der Waals surface area contributed by atoms with E-state index in [2.05, 4.69) is 19.7 Å². The third-order valence-corrected chi connectivity index (χ3v) is 2.21. The summed E-state index contributed by atoms with van der Waals surface area (Å²) in [4.78, 5) is 22.6. The minimum absolute atomic E-state index is 0.443. The molecular weight excluding hydrogens is 264 g/mol. The van der Waals surface area contributed by atoms with Crippen molar-refractivity contribution in [1.82, 2.24) is 0 Å². The predicted octanol–water partition coefficient (Wildman–Crippen LogP) is 2.28. The van der Waals surface area contributed by atoms with Gasteiger partial charge in [-0.15, -0.1) is 5.11 Å². The summed E-state index contributed by atoms with van der Waals surface area (Å²) in [6, 6.07) is 8.60. The lowest BCUT2D eigenvalue weighted by molar-refractivity contribution is -0.140. The molecule has 0 heterocycles. The highest BCUT2D eigenvalue weighted by Crippen LogP contribution is 2.16. The number of nitrogens with zero attached hydrogens (tertiary/aromatic N) is 2. The maximum atomic E-state index is 11.5. The number of aliphatic hydroxyl groups is 1. The van der Waals surface area contributed by atoms with Gasteiger partial charge in [-0.2, -0.15) is 5.11 Å². The third-order valence-electron chi connectivity index (χ3n) is 2.21. The summed E-state index contributed by atoms with van der Waals surface area (Å²) in [5, 5.41) is 17.1. The molecule has 1 N–H and O–H groups in total. The minimum Gasteiger partial charge on any atom is -0.509 e. The summed E-state index contributed by atoms with van der Waals surface area (Å²) in [5.41, 5.74) is 0.0431. The van der Waals surface area contributed by atoms with Crippen molar-refractivity contribution in [3.63, 3.8) is 0 Å². The molecule has 0 bridgehead atoms. The molecule has 1 aromatic rings. The minimum atomic E-state index is -0.897. The number of aliphatic hydroxyl groups excluding tert-OH is 1. The molecule has 0 atom stereocenters. The molecule has 0 spiro atoms. The van der Waals surface area contributed by atoms with Gasteiger partial charge >= 0.3 is 11.9 Å². The fraction of sp³-hybridized carbons (Fsp3) is 0.231. The van der Waals surface area contributed by atoms with Gasteiger partial charge in [-0.05, 0) is 12.1 Å². The molecule has 0 saturated heterocycles. The van der Waals surface area contributed by atoms with Gasteiger partial charge in [0.25, 0.3) is 0 Å². The van der Waals surface area contributed by atoms with Crippen LogP contribution in [-0.2, 0) is 19.1 Å². The maximum absolute atomic E-state index is 11.5. The van der Waals surface area contributed by atoms with Gasteiger partial charge in [0, 0.05) is 0 Å². The smallest absolute Gasteiger partial charge is 0.362 e. The zero-order valence-electron chi connectivity index (χ0n) is 11.1. The lowest BCUT2D eigenvalue weighted by atomic mass is 10.3. The Balaban J connectivity index is 3.01. The van der Waals surface area contributed by atoms with Crippen molar-refractivity contribution in [1.29, 1.82) is 0 Å². The Hall–Kier alpha value is -2.70. The van der Waals surface area contributed by atoms with Crippen LogP contribution in [0.4, 0.5) is 5.69 Å². The number of benzene rings is 1. The molecule has 0 radical (unpaired) electrons. The van der Waals surface area contributed by atoms with Crippen LogP contribution < -0.4 is 0 Å². The Morgan fingerprint density at radius 2 is 1.80 bits per heavy atom. The number of hydrogen-bond acceptors (Lipinski definition) is 7. The van der Waals surface area contributed by atoms with Crippen LogP contribution in [0.1, 0.15) is 6.42 Å². The number of methoxy groups -OCH3 is 2. The van der Waals surface area contributed by atoms with Crippen LogP contribution in [0.2, 0.25) is 0 Å². The molecule has 1 aromatic carbocycles. The topological polar surface area (TPSA) is 97.5 Å². The van der Waals surface area contributed by atoms with Gasteiger partial charge in [0.2, 0.25) is 5.70 Å². The SMILES string of the molecule is COC(=O)CC(O)=C(N=Nc1ccccc1)C(=O)OC. The lowest BCUT2D eigenvalue weighted by Crippen LogP contribution is -2.09. The first kappa shape index (κ1) is 15.4. The van der Waals surface area contributed by atoms with E-state index in [-0.39, 0.29) is 0 Å². The first-order valence-corrected chi connectivity index (χ1v) is 5.62. The van der Waals surface area contributed by atoms with Crippen molar-refractivity contribution in [2.75, 3.05) is 14.2 Å². The summed E-state index contributed by atoms with van der Waals surface area (Å²) >= 11 is 0. The van der Waals surface area contributed by atoms with Gasteiger partial charge in [-0.1, -0.05) is 18.2 Å². The van der Waals surface area contributed by atoms with E-state index in [9.17, 15) is 14.7 Å². The van der Waals surface area contributed by atoms with E-state index >= 15 is 0 Å². The van der Waals surface area contributed by atoms with E-state index in [0.29, 0.717) is 5.69 Å². The molecule has 0 amide bonds. The second-order valence-corrected chi connectivity index (χ2v) is 3.58. The molecule has 7 nitrogen and oxygen atoms in total. The first-order chi connectivity index (χ1) is 9.58. The summed E-state index contributed by atoms with van der Waals surface area (Å²) < 4.78 is 8.86. The monoisotopic (exact) mass is 278 g/mol. The van der Waals surface area contributed by atoms with Crippen LogP contribution in [0.5, 0.6) is 0 Å². The van der Waals surface area contributed by atoms with Crippen molar-refractivity contribution in [3.8, 4) is 0 Å². The average Bonchev–Trinajstić information content (AvgIpc) is 2.47. The zero-order valence-corrected chi connectivity index (χ0v) is 11.1. The van der Waals surface area contributed by atoms with Gasteiger partial charge in [-0.3, -0.25) is 4.79 Å². The Labute approximate surface area is 115 Å². The molecule has 0 aliphatic heterocycles. The molecular formula is C13H14N2O5. The highest BCUT2D eigenvalue weighted by Gasteiger charge is 2.18. The zero-order chi connectivity index (χ0) is 15.0. The van der Waals surface area contributed by atoms with Crippen LogP contribution in [0, 0.1) is 0 Å². The number of esters is 2. The molecule has 20 heavy (non-hydrogen) atoms. The van der Waals surface area contributed by atoms with Crippen LogP contribution in [-0.4, -0.2) is 31.3 Å². The maximum Gasteiger partial charge on any atom is 0.362 e. The van der Waals surface area contributed by atoms with Crippen LogP contribution in [0.15, 0.2) is 52.0 Å². The van der Waals surface area contributed by atoms with Gasteiger partial charge in [-0.25, -0.2) is 4.79 Å². The normalized spacial score (nSPS) is 11.9. The van der Waals surface area contributed by atoms with E-state index < -0.39 is 29.8 Å². The number of carbonyl (C=O) groups is 2. The third kappa shape index (κ3) is 4.52. The molecule has 0 aliphatic carbocycles. The predicted molar refractivity (Wildman–Crippen MR) is 69.3 cm³/mol. The lowest BCUT2D eigenvalue weighted by Gasteiger charge is -2.03. The van der Waals surface area contributed by atoms with Gasteiger partial charge in [0.15, 0.2) is 0 Å². The molecule has 7 heteroatoms. The van der Waals surface area contributed by atoms with Crippen LogP contribution >= 0.6 is 0 Å². The van der Waals surface area contributed by atoms with Crippen molar-refractivity contribution in [2.45, 2.75) is 6.42 Å². The van der Waals surface area contributed by atoms with E-state index in [1.165, 1.54) is 7.11 Å². The number of carbonyl (C=O) groups excluding carboxylic acids is 2. The fourth-order valence-electron chi connectivity index (χ4n) is 1.21. The Bertz CT molecular complexity index is 537. The summed E-state index contributed by atoms with van der Waals surface area (Å²) in [6.45, 7) is 0. The average molecular weight is 278 g/mol. The largest absolute Gasteiger partial charge is 0.509 e. The van der Waals surface area contributed by atoms with E-state index in [0.717, 1.165) is 7.11 Å². The summed E-state index contributed by atoms with van der Waals surface area (Å²) in [7, 11) is 2.30. The Morgan fingerprint density at radius 1 is 1.15 bits per heavy atom. The second-order valence-electron chi connectivity index (χ2n) is 3.58. The van der Waals surface area contributed by atoms with E-state index in [4.69, 9.17) is 0 Å². The number of hydrogen-bond donors (Lipinski definition) is 1. The van der Waals surface area contributed by atoms with Gasteiger partial charge < -0.3 is 14.6 Å². The van der Waals surface area contributed by atoms with Gasteiger partial charge in [0.1, 0.15) is 12.2 Å². The molecule has 0 fully saturated rings. The van der Waals surface area contributed by atoms with Crippen molar-refractivity contribution < 1.29 is 24.2 Å². The van der Waals surface area contributed by atoms with E-state index in [1.54, 1.807) is 30.3 Å². The summed E-state index contributed by atoms with van der Waals surface area (Å²) in [5.74, 6) is -2.17. The number of rotatable bonds is 5.